The molecule has 1 unspecified atom stereocenters. The Bertz CT molecular complexity index is 234. The van der Waals surface area contributed by atoms with Gasteiger partial charge in [0, 0.05) is 11.9 Å². The molecule has 1 aliphatic rings. The van der Waals surface area contributed by atoms with Gasteiger partial charge >= 0.3 is 0 Å². The van der Waals surface area contributed by atoms with Gasteiger partial charge in [0.05, 0.1) is 5.41 Å². The number of hydrogen-bond donors (Lipinski definition) is 1. The summed E-state index contributed by atoms with van der Waals surface area (Å²) in [5, 5.41) is 3.12. The summed E-state index contributed by atoms with van der Waals surface area (Å²) in [4.78, 5) is 12.0. The fraction of sp³-hybridized carbons (Fsp3) is 0.923. The van der Waals surface area contributed by atoms with Crippen molar-refractivity contribution in [1.29, 1.82) is 0 Å². The topological polar surface area (TPSA) is 29.1 Å². The summed E-state index contributed by atoms with van der Waals surface area (Å²) in [5.41, 5.74) is -0.454. The zero-order chi connectivity index (χ0) is 12.2. The highest BCUT2D eigenvalue weighted by Gasteiger charge is 2.29. The molecule has 0 aliphatic heterocycles. The molecular weight excluding hydrogens is 222 g/mol. The lowest BCUT2D eigenvalue weighted by Gasteiger charge is -2.31. The van der Waals surface area contributed by atoms with E-state index in [0.29, 0.717) is 11.8 Å². The van der Waals surface area contributed by atoms with Crippen LogP contribution >= 0.6 is 11.6 Å². The number of amides is 1. The summed E-state index contributed by atoms with van der Waals surface area (Å²) >= 11 is 5.80. The van der Waals surface area contributed by atoms with Crippen molar-refractivity contribution < 1.29 is 4.79 Å². The monoisotopic (exact) mass is 245 g/mol. The third-order valence-electron chi connectivity index (χ3n) is 3.66. The molecule has 0 heterocycles. The predicted molar refractivity (Wildman–Crippen MR) is 68.7 cm³/mol. The molecule has 1 atom stereocenters. The van der Waals surface area contributed by atoms with Crippen LogP contribution in [0.3, 0.4) is 0 Å². The molecule has 0 radical (unpaired) electrons. The van der Waals surface area contributed by atoms with Gasteiger partial charge in [-0.05, 0) is 39.5 Å². The summed E-state index contributed by atoms with van der Waals surface area (Å²) in [6.07, 6.45) is 6.48. The van der Waals surface area contributed by atoms with Crippen LogP contribution in [0.2, 0.25) is 0 Å². The Morgan fingerprint density at radius 3 is 2.44 bits per heavy atom. The van der Waals surface area contributed by atoms with E-state index in [1.165, 1.54) is 32.1 Å². The fourth-order valence-electron chi connectivity index (χ4n) is 2.21. The summed E-state index contributed by atoms with van der Waals surface area (Å²) in [7, 11) is 0. The minimum Gasteiger partial charge on any atom is -0.353 e. The number of carbonyl (C=O) groups excluding carboxylic acids is 1. The Kier molecular flexibility index (Phi) is 5.10. The van der Waals surface area contributed by atoms with Gasteiger partial charge in [-0.25, -0.2) is 0 Å². The molecule has 16 heavy (non-hydrogen) atoms. The Morgan fingerprint density at radius 1 is 1.38 bits per heavy atom. The quantitative estimate of drug-likeness (QED) is 0.757. The average Bonchev–Trinajstić information content (AvgIpc) is 2.30. The van der Waals surface area contributed by atoms with Crippen molar-refractivity contribution in [2.24, 2.45) is 11.3 Å². The Morgan fingerprint density at radius 2 is 1.94 bits per heavy atom. The lowest BCUT2D eigenvalue weighted by molar-refractivity contribution is -0.129. The van der Waals surface area contributed by atoms with Crippen LogP contribution < -0.4 is 5.32 Å². The summed E-state index contributed by atoms with van der Waals surface area (Å²) in [6, 6.07) is 0.287. The van der Waals surface area contributed by atoms with Gasteiger partial charge in [0.25, 0.3) is 0 Å². The SMILES string of the molecule is CC(NC(=O)C(C)(C)CCl)C1CCCCC1. The molecule has 0 spiro atoms. The van der Waals surface area contributed by atoms with Crippen molar-refractivity contribution in [1.82, 2.24) is 5.32 Å². The van der Waals surface area contributed by atoms with Crippen LogP contribution in [0.5, 0.6) is 0 Å². The van der Waals surface area contributed by atoms with E-state index in [2.05, 4.69) is 12.2 Å². The van der Waals surface area contributed by atoms with Gasteiger partial charge in [0.2, 0.25) is 5.91 Å². The molecule has 3 heteroatoms. The van der Waals surface area contributed by atoms with E-state index < -0.39 is 5.41 Å². The molecular formula is C13H24ClNO. The molecule has 94 valence electrons. The highest BCUT2D eigenvalue weighted by atomic mass is 35.5. The van der Waals surface area contributed by atoms with Crippen molar-refractivity contribution in [3.63, 3.8) is 0 Å². The largest absolute Gasteiger partial charge is 0.353 e. The van der Waals surface area contributed by atoms with E-state index in [1.807, 2.05) is 13.8 Å². The van der Waals surface area contributed by atoms with Crippen molar-refractivity contribution in [3.8, 4) is 0 Å². The van der Waals surface area contributed by atoms with Crippen molar-refractivity contribution in [2.45, 2.75) is 58.9 Å². The second kappa shape index (κ2) is 5.90. The molecule has 1 N–H and O–H groups in total. The second-order valence-corrected chi connectivity index (χ2v) is 5.95. The average molecular weight is 246 g/mol. The molecule has 1 aliphatic carbocycles. The van der Waals surface area contributed by atoms with E-state index in [9.17, 15) is 4.79 Å². The van der Waals surface area contributed by atoms with E-state index in [0.717, 1.165) is 0 Å². The summed E-state index contributed by atoms with van der Waals surface area (Å²) in [5.74, 6) is 1.11. The smallest absolute Gasteiger partial charge is 0.227 e. The van der Waals surface area contributed by atoms with E-state index >= 15 is 0 Å². The van der Waals surface area contributed by atoms with Crippen LogP contribution in [0.15, 0.2) is 0 Å². The van der Waals surface area contributed by atoms with Crippen LogP contribution in [0.1, 0.15) is 52.9 Å². The van der Waals surface area contributed by atoms with Gasteiger partial charge in [0.1, 0.15) is 0 Å². The summed E-state index contributed by atoms with van der Waals surface area (Å²) < 4.78 is 0. The highest BCUT2D eigenvalue weighted by Crippen LogP contribution is 2.27. The van der Waals surface area contributed by atoms with Gasteiger partial charge in [-0.2, -0.15) is 0 Å². The molecule has 0 aromatic rings. The van der Waals surface area contributed by atoms with Crippen LogP contribution in [0.25, 0.3) is 0 Å². The standard InChI is InChI=1S/C13H24ClNO/c1-10(11-7-5-4-6-8-11)15-12(16)13(2,3)9-14/h10-11H,4-9H2,1-3H3,(H,15,16). The van der Waals surface area contributed by atoms with Crippen LogP contribution in [0.4, 0.5) is 0 Å². The molecule has 1 rings (SSSR count). The molecule has 0 aromatic heterocycles. The van der Waals surface area contributed by atoms with Crippen molar-refractivity contribution in [2.75, 3.05) is 5.88 Å². The zero-order valence-corrected chi connectivity index (χ0v) is 11.4. The lowest BCUT2D eigenvalue weighted by Crippen LogP contribution is -2.45. The fourth-order valence-corrected chi connectivity index (χ4v) is 2.34. The molecule has 0 aromatic carbocycles. The molecule has 1 amide bonds. The van der Waals surface area contributed by atoms with Gasteiger partial charge in [-0.1, -0.05) is 19.3 Å². The Balaban J connectivity index is 2.43. The first-order valence-corrected chi connectivity index (χ1v) is 6.88. The van der Waals surface area contributed by atoms with Gasteiger partial charge < -0.3 is 5.32 Å². The molecule has 1 fully saturated rings. The first-order valence-electron chi connectivity index (χ1n) is 6.34. The number of alkyl halides is 1. The maximum Gasteiger partial charge on any atom is 0.227 e. The minimum absolute atomic E-state index is 0.0839. The first-order chi connectivity index (χ1) is 7.47. The van der Waals surface area contributed by atoms with E-state index in [-0.39, 0.29) is 11.9 Å². The number of halogens is 1. The Labute approximate surface area is 104 Å². The molecule has 1 saturated carbocycles. The lowest BCUT2D eigenvalue weighted by atomic mass is 9.84. The maximum atomic E-state index is 12.0. The van der Waals surface area contributed by atoms with Gasteiger partial charge in [-0.15, -0.1) is 11.6 Å². The number of carbonyl (C=O) groups is 1. The van der Waals surface area contributed by atoms with Gasteiger partial charge in [-0.3, -0.25) is 4.79 Å². The van der Waals surface area contributed by atoms with Crippen LogP contribution in [-0.2, 0) is 4.79 Å². The van der Waals surface area contributed by atoms with Crippen molar-refractivity contribution in [3.05, 3.63) is 0 Å². The van der Waals surface area contributed by atoms with E-state index in [4.69, 9.17) is 11.6 Å². The van der Waals surface area contributed by atoms with E-state index in [1.54, 1.807) is 0 Å². The second-order valence-electron chi connectivity index (χ2n) is 5.68. The Hall–Kier alpha value is -0.240. The number of nitrogens with one attached hydrogen (secondary N) is 1. The normalized spacial score (nSPS) is 20.5. The first kappa shape index (κ1) is 13.8. The third-order valence-corrected chi connectivity index (χ3v) is 4.33. The predicted octanol–water partition coefficient (Wildman–Crippen LogP) is 3.34. The van der Waals surface area contributed by atoms with Crippen LogP contribution in [0, 0.1) is 11.3 Å². The minimum atomic E-state index is -0.454. The molecule has 0 saturated heterocycles. The molecule has 2 nitrogen and oxygen atoms in total. The van der Waals surface area contributed by atoms with Crippen molar-refractivity contribution >= 4 is 17.5 Å². The third kappa shape index (κ3) is 3.65. The number of hydrogen-bond acceptors (Lipinski definition) is 1. The zero-order valence-electron chi connectivity index (χ0n) is 10.7. The van der Waals surface area contributed by atoms with Gasteiger partial charge in [0.15, 0.2) is 0 Å². The maximum absolute atomic E-state index is 12.0. The number of rotatable bonds is 4. The van der Waals surface area contributed by atoms with Crippen LogP contribution in [-0.4, -0.2) is 17.8 Å². The summed E-state index contributed by atoms with van der Waals surface area (Å²) in [6.45, 7) is 5.91. The molecule has 0 bridgehead atoms. The highest BCUT2D eigenvalue weighted by molar-refractivity contribution is 6.19.